The lowest BCUT2D eigenvalue weighted by Gasteiger charge is -2.11. The van der Waals surface area contributed by atoms with Gasteiger partial charge in [-0.25, -0.2) is 9.97 Å². The van der Waals surface area contributed by atoms with E-state index in [1.54, 1.807) is 12.5 Å². The van der Waals surface area contributed by atoms with Crippen molar-refractivity contribution in [3.63, 3.8) is 0 Å². The van der Waals surface area contributed by atoms with Gasteiger partial charge in [0.05, 0.1) is 5.52 Å². The number of anilines is 1. The first-order valence-electron chi connectivity index (χ1n) is 7.53. The first-order chi connectivity index (χ1) is 11.8. The van der Waals surface area contributed by atoms with Crippen LogP contribution in [-0.4, -0.2) is 19.5 Å². The lowest BCUT2D eigenvalue weighted by atomic mass is 10.2. The average Bonchev–Trinajstić information content (AvgIpc) is 3.15. The highest BCUT2D eigenvalue weighted by Crippen LogP contribution is 2.24. The predicted octanol–water partition coefficient (Wildman–Crippen LogP) is 4.03. The van der Waals surface area contributed by atoms with Crippen LogP contribution in [0.4, 0.5) is 5.82 Å². The molecule has 118 valence electrons. The van der Waals surface area contributed by atoms with Crippen LogP contribution >= 0.6 is 22.6 Å². The van der Waals surface area contributed by atoms with Crippen molar-refractivity contribution in [1.29, 1.82) is 0 Å². The Labute approximate surface area is 152 Å². The van der Waals surface area contributed by atoms with Gasteiger partial charge in [-0.05, 0) is 46.4 Å². The maximum Gasteiger partial charge on any atom is 0.237 e. The van der Waals surface area contributed by atoms with Gasteiger partial charge in [-0.2, -0.15) is 4.98 Å². The van der Waals surface area contributed by atoms with Crippen molar-refractivity contribution in [3.05, 3.63) is 76.4 Å². The fourth-order valence-electron chi connectivity index (χ4n) is 2.50. The summed E-state index contributed by atoms with van der Waals surface area (Å²) in [5.41, 5.74) is 2.11. The van der Waals surface area contributed by atoms with Crippen LogP contribution in [0.2, 0.25) is 0 Å². The third-order valence-electron chi connectivity index (χ3n) is 3.68. The summed E-state index contributed by atoms with van der Waals surface area (Å²) in [5, 5.41) is 4.46. The number of nitrogens with one attached hydrogen (secondary N) is 1. The lowest BCUT2D eigenvalue weighted by Crippen LogP contribution is -2.07. The van der Waals surface area contributed by atoms with Crippen molar-refractivity contribution in [2.45, 2.75) is 6.54 Å². The van der Waals surface area contributed by atoms with Crippen LogP contribution in [0, 0.1) is 3.57 Å². The molecule has 6 heteroatoms. The summed E-state index contributed by atoms with van der Waals surface area (Å²) in [4.78, 5) is 13.4. The summed E-state index contributed by atoms with van der Waals surface area (Å²) >= 11 is 2.31. The Hall–Kier alpha value is -2.48. The first kappa shape index (κ1) is 15.1. The maximum atomic E-state index is 4.70. The number of halogens is 1. The summed E-state index contributed by atoms with van der Waals surface area (Å²) < 4.78 is 2.97. The summed E-state index contributed by atoms with van der Waals surface area (Å²) in [6.45, 7) is 0.710. The van der Waals surface area contributed by atoms with Crippen molar-refractivity contribution >= 4 is 39.3 Å². The van der Waals surface area contributed by atoms with Gasteiger partial charge in [0.1, 0.15) is 12.1 Å². The topological polar surface area (TPSA) is 55.6 Å². The minimum atomic E-state index is 0.608. The Kier molecular flexibility index (Phi) is 4.12. The molecule has 4 rings (SSSR count). The number of hydrogen-bond donors (Lipinski definition) is 1. The molecule has 5 nitrogen and oxygen atoms in total. The van der Waals surface area contributed by atoms with E-state index in [4.69, 9.17) is 4.98 Å². The third-order valence-corrected chi connectivity index (χ3v) is 4.36. The molecule has 0 aliphatic rings. The van der Waals surface area contributed by atoms with Crippen molar-refractivity contribution in [2.75, 3.05) is 5.32 Å². The first-order valence-corrected chi connectivity index (χ1v) is 8.61. The molecule has 0 bridgehead atoms. The molecular weight excluding hydrogens is 413 g/mol. The van der Waals surface area contributed by atoms with Crippen LogP contribution in [0.1, 0.15) is 5.56 Å². The van der Waals surface area contributed by atoms with E-state index in [9.17, 15) is 0 Å². The summed E-state index contributed by atoms with van der Waals surface area (Å²) in [5.74, 6) is 1.43. The van der Waals surface area contributed by atoms with Crippen LogP contribution in [-0.2, 0) is 6.54 Å². The smallest absolute Gasteiger partial charge is 0.237 e. The Bertz CT molecular complexity index is 968. The van der Waals surface area contributed by atoms with Crippen LogP contribution in [0.15, 0.2) is 67.3 Å². The van der Waals surface area contributed by atoms with E-state index in [-0.39, 0.29) is 0 Å². The Morgan fingerprint density at radius 3 is 2.71 bits per heavy atom. The van der Waals surface area contributed by atoms with E-state index in [1.165, 1.54) is 5.56 Å². The van der Waals surface area contributed by atoms with E-state index in [0.29, 0.717) is 12.5 Å². The number of nitrogens with zero attached hydrogens (tertiary/aromatic N) is 4. The molecule has 0 radical (unpaired) electrons. The van der Waals surface area contributed by atoms with Gasteiger partial charge >= 0.3 is 0 Å². The second-order valence-electron chi connectivity index (χ2n) is 5.34. The normalized spacial score (nSPS) is 10.9. The van der Waals surface area contributed by atoms with Gasteiger partial charge in [-0.1, -0.05) is 30.3 Å². The lowest BCUT2D eigenvalue weighted by molar-refractivity contribution is 0.936. The Morgan fingerprint density at radius 1 is 1.04 bits per heavy atom. The van der Waals surface area contributed by atoms with E-state index in [2.05, 4.69) is 62.1 Å². The highest BCUT2D eigenvalue weighted by atomic mass is 127. The number of imidazole rings is 1. The van der Waals surface area contributed by atoms with E-state index >= 15 is 0 Å². The van der Waals surface area contributed by atoms with Gasteiger partial charge in [0.25, 0.3) is 0 Å². The number of hydrogen-bond acceptors (Lipinski definition) is 4. The number of rotatable bonds is 4. The monoisotopic (exact) mass is 427 g/mol. The van der Waals surface area contributed by atoms with Crippen LogP contribution in [0.3, 0.4) is 0 Å². The zero-order chi connectivity index (χ0) is 16.4. The van der Waals surface area contributed by atoms with Gasteiger partial charge in [-0.3, -0.25) is 4.57 Å². The quantitative estimate of drug-likeness (QED) is 0.500. The zero-order valence-corrected chi connectivity index (χ0v) is 14.9. The molecule has 2 heterocycles. The molecular formula is C18H14IN5. The molecule has 0 spiro atoms. The van der Waals surface area contributed by atoms with E-state index in [0.717, 1.165) is 20.3 Å². The van der Waals surface area contributed by atoms with Gasteiger partial charge < -0.3 is 5.32 Å². The molecule has 0 aliphatic heterocycles. The maximum absolute atomic E-state index is 4.70. The van der Waals surface area contributed by atoms with Crippen molar-refractivity contribution in [1.82, 2.24) is 19.5 Å². The van der Waals surface area contributed by atoms with Gasteiger partial charge in [0, 0.05) is 27.9 Å². The minimum Gasteiger partial charge on any atom is -0.365 e. The van der Waals surface area contributed by atoms with Gasteiger partial charge in [0.2, 0.25) is 5.95 Å². The molecule has 0 saturated heterocycles. The predicted molar refractivity (Wildman–Crippen MR) is 103 cm³/mol. The number of benzene rings is 2. The molecule has 0 fully saturated rings. The molecule has 4 aromatic rings. The standard InChI is InChI=1S/C18H14IN5/c19-14-6-7-16-15(10-14)17(21-11-13-4-2-1-3-5-13)23-18(22-16)24-9-8-20-12-24/h1-10,12H,11H2,(H,21,22,23). The van der Waals surface area contributed by atoms with Crippen molar-refractivity contribution in [2.24, 2.45) is 0 Å². The highest BCUT2D eigenvalue weighted by molar-refractivity contribution is 14.1. The summed E-state index contributed by atoms with van der Waals surface area (Å²) in [7, 11) is 0. The van der Waals surface area contributed by atoms with Crippen LogP contribution in [0.25, 0.3) is 16.9 Å². The zero-order valence-electron chi connectivity index (χ0n) is 12.7. The molecule has 24 heavy (non-hydrogen) atoms. The molecule has 0 aliphatic carbocycles. The SMILES string of the molecule is Ic1ccc2nc(-n3ccnc3)nc(NCc3ccccc3)c2c1. The molecule has 2 aromatic carbocycles. The van der Waals surface area contributed by atoms with Gasteiger partial charge in [-0.15, -0.1) is 0 Å². The fourth-order valence-corrected chi connectivity index (χ4v) is 2.99. The Balaban J connectivity index is 1.77. The largest absolute Gasteiger partial charge is 0.365 e. The van der Waals surface area contributed by atoms with Crippen molar-refractivity contribution < 1.29 is 0 Å². The number of fused-ring (bicyclic) bond motifs is 1. The van der Waals surface area contributed by atoms with Crippen LogP contribution < -0.4 is 5.32 Å². The molecule has 0 atom stereocenters. The van der Waals surface area contributed by atoms with Crippen molar-refractivity contribution in [3.8, 4) is 5.95 Å². The summed E-state index contributed by atoms with van der Waals surface area (Å²) in [6, 6.07) is 16.4. The fraction of sp³-hybridized carbons (Fsp3) is 0.0556. The Morgan fingerprint density at radius 2 is 1.92 bits per heavy atom. The van der Waals surface area contributed by atoms with Gasteiger partial charge in [0.15, 0.2) is 0 Å². The van der Waals surface area contributed by atoms with Crippen LogP contribution in [0.5, 0.6) is 0 Å². The molecule has 0 saturated carbocycles. The molecule has 1 N–H and O–H groups in total. The number of aromatic nitrogens is 4. The summed E-state index contributed by atoms with van der Waals surface area (Å²) in [6.07, 6.45) is 5.27. The molecule has 0 unspecified atom stereocenters. The molecule has 2 aromatic heterocycles. The second kappa shape index (κ2) is 6.56. The third kappa shape index (κ3) is 3.09. The minimum absolute atomic E-state index is 0.608. The highest BCUT2D eigenvalue weighted by Gasteiger charge is 2.09. The van der Waals surface area contributed by atoms with E-state index in [1.807, 2.05) is 35.0 Å². The molecule has 0 amide bonds. The average molecular weight is 427 g/mol. The van der Waals surface area contributed by atoms with E-state index < -0.39 is 0 Å². The second-order valence-corrected chi connectivity index (χ2v) is 6.59.